The summed E-state index contributed by atoms with van der Waals surface area (Å²) in [7, 11) is 0. The van der Waals surface area contributed by atoms with Gasteiger partial charge in [0.25, 0.3) is 0 Å². The van der Waals surface area contributed by atoms with Crippen LogP contribution < -0.4 is 11.3 Å². The van der Waals surface area contributed by atoms with E-state index in [-0.39, 0.29) is 6.04 Å². The fourth-order valence-corrected chi connectivity index (χ4v) is 2.87. The van der Waals surface area contributed by atoms with Crippen molar-refractivity contribution in [2.24, 2.45) is 5.84 Å². The zero-order valence-electron chi connectivity index (χ0n) is 9.63. The van der Waals surface area contributed by atoms with E-state index < -0.39 is 0 Å². The molecule has 2 rings (SSSR count). The van der Waals surface area contributed by atoms with Gasteiger partial charge in [-0.25, -0.2) is 5.43 Å². The van der Waals surface area contributed by atoms with Crippen LogP contribution in [0.2, 0.25) is 15.1 Å². The van der Waals surface area contributed by atoms with Gasteiger partial charge in [0.2, 0.25) is 0 Å². The second-order valence-electron chi connectivity index (χ2n) is 3.89. The Labute approximate surface area is 134 Å². The van der Waals surface area contributed by atoms with Gasteiger partial charge in [-0.05, 0) is 39.2 Å². The smallest absolute Gasteiger partial charge is 0.0739 e. The van der Waals surface area contributed by atoms with Crippen LogP contribution in [-0.2, 0) is 0 Å². The summed E-state index contributed by atoms with van der Waals surface area (Å²) < 4.78 is 0.796. The third kappa shape index (κ3) is 3.07. The summed E-state index contributed by atoms with van der Waals surface area (Å²) in [5.41, 5.74) is 4.32. The Morgan fingerprint density at radius 3 is 2.16 bits per heavy atom. The molecule has 1 unspecified atom stereocenters. The number of halogens is 4. The highest BCUT2D eigenvalue weighted by Gasteiger charge is 2.20. The van der Waals surface area contributed by atoms with Gasteiger partial charge in [0.15, 0.2) is 0 Å². The van der Waals surface area contributed by atoms with Crippen LogP contribution in [0, 0.1) is 0 Å². The van der Waals surface area contributed by atoms with E-state index in [1.165, 1.54) is 0 Å². The molecule has 0 aliphatic rings. The number of hydrogen-bond donors (Lipinski definition) is 2. The van der Waals surface area contributed by atoms with Crippen molar-refractivity contribution >= 4 is 50.7 Å². The molecule has 0 saturated carbocycles. The van der Waals surface area contributed by atoms with E-state index in [2.05, 4.69) is 21.4 Å². The lowest BCUT2D eigenvalue weighted by Crippen LogP contribution is -2.29. The third-order valence-electron chi connectivity index (χ3n) is 2.75. The van der Waals surface area contributed by atoms with E-state index in [0.717, 1.165) is 15.6 Å². The average molecular weight is 380 g/mol. The fraction of sp³-hybridized carbons (Fsp3) is 0.0769. The Kier molecular flexibility index (Phi) is 5.12. The maximum atomic E-state index is 6.29. The molecule has 0 aromatic heterocycles. The van der Waals surface area contributed by atoms with Crippen molar-refractivity contribution in [3.63, 3.8) is 0 Å². The van der Waals surface area contributed by atoms with Crippen LogP contribution in [0.4, 0.5) is 0 Å². The summed E-state index contributed by atoms with van der Waals surface area (Å²) in [5.74, 6) is 5.65. The van der Waals surface area contributed by atoms with Crippen LogP contribution in [0.1, 0.15) is 17.2 Å². The van der Waals surface area contributed by atoms with Gasteiger partial charge >= 0.3 is 0 Å². The van der Waals surface area contributed by atoms with Gasteiger partial charge in [0, 0.05) is 4.47 Å². The van der Waals surface area contributed by atoms with Crippen LogP contribution in [0.3, 0.4) is 0 Å². The van der Waals surface area contributed by atoms with Crippen molar-refractivity contribution in [1.82, 2.24) is 5.43 Å². The topological polar surface area (TPSA) is 38.0 Å². The molecule has 3 N–H and O–H groups in total. The normalized spacial score (nSPS) is 12.5. The minimum atomic E-state index is -0.337. The van der Waals surface area contributed by atoms with E-state index in [0.29, 0.717) is 15.1 Å². The highest BCUT2D eigenvalue weighted by atomic mass is 79.9. The Morgan fingerprint density at radius 2 is 1.53 bits per heavy atom. The molecule has 0 aliphatic heterocycles. The van der Waals surface area contributed by atoms with E-state index in [9.17, 15) is 0 Å². The predicted octanol–water partition coefficient (Wildman–Crippen LogP) is 4.96. The van der Waals surface area contributed by atoms with Crippen LogP contribution in [0.25, 0.3) is 0 Å². The molecule has 0 spiro atoms. The molecule has 0 saturated heterocycles. The first kappa shape index (κ1) is 15.1. The predicted molar refractivity (Wildman–Crippen MR) is 84.8 cm³/mol. The average Bonchev–Trinajstić information content (AvgIpc) is 2.40. The first-order chi connectivity index (χ1) is 9.06. The van der Waals surface area contributed by atoms with Crippen molar-refractivity contribution in [3.8, 4) is 0 Å². The fourth-order valence-electron chi connectivity index (χ4n) is 1.83. The number of nitrogens with one attached hydrogen (secondary N) is 1. The molecule has 0 bridgehead atoms. The molecular weight excluding hydrogens is 370 g/mol. The van der Waals surface area contributed by atoms with E-state index in [1.807, 2.05) is 30.3 Å². The largest absolute Gasteiger partial charge is 0.271 e. The summed E-state index contributed by atoms with van der Waals surface area (Å²) in [5, 5.41) is 1.52. The molecule has 100 valence electrons. The molecule has 0 fully saturated rings. The molecular formula is C13H10BrCl3N2. The molecule has 2 aromatic carbocycles. The summed E-state index contributed by atoms with van der Waals surface area (Å²) in [4.78, 5) is 0. The van der Waals surface area contributed by atoms with Crippen molar-refractivity contribution in [2.45, 2.75) is 6.04 Å². The first-order valence-corrected chi connectivity index (χ1v) is 7.33. The van der Waals surface area contributed by atoms with Gasteiger partial charge in [-0.3, -0.25) is 5.84 Å². The molecule has 2 nitrogen and oxygen atoms in total. The van der Waals surface area contributed by atoms with Crippen molar-refractivity contribution in [2.75, 3.05) is 0 Å². The van der Waals surface area contributed by atoms with Crippen LogP contribution in [0.15, 0.2) is 40.9 Å². The SMILES string of the molecule is NNC(c1cccc(Cl)c1Cl)c1cccc(Br)c1Cl. The third-order valence-corrected chi connectivity index (χ3v) is 4.90. The van der Waals surface area contributed by atoms with Gasteiger partial charge in [-0.1, -0.05) is 59.1 Å². The Morgan fingerprint density at radius 1 is 0.947 bits per heavy atom. The quantitative estimate of drug-likeness (QED) is 0.583. The molecule has 6 heteroatoms. The van der Waals surface area contributed by atoms with Crippen molar-refractivity contribution < 1.29 is 0 Å². The van der Waals surface area contributed by atoms with Crippen molar-refractivity contribution in [1.29, 1.82) is 0 Å². The van der Waals surface area contributed by atoms with E-state index in [1.54, 1.807) is 6.07 Å². The molecule has 0 aliphatic carbocycles. The minimum absolute atomic E-state index is 0.337. The number of hydrazine groups is 1. The zero-order chi connectivity index (χ0) is 14.0. The van der Waals surface area contributed by atoms with Crippen molar-refractivity contribution in [3.05, 3.63) is 67.1 Å². The second kappa shape index (κ2) is 6.44. The standard InChI is InChI=1S/C13H10BrCl3N2/c14-9-5-1-3-7(11(9)16)13(19-18)8-4-2-6-10(15)12(8)17/h1-6,13,19H,18H2. The molecule has 0 radical (unpaired) electrons. The lowest BCUT2D eigenvalue weighted by molar-refractivity contribution is 0.637. The number of hydrogen-bond acceptors (Lipinski definition) is 2. The summed E-state index contributed by atoms with van der Waals surface area (Å²) >= 11 is 21.9. The van der Waals surface area contributed by atoms with Crippen LogP contribution >= 0.6 is 50.7 Å². The summed E-state index contributed by atoms with van der Waals surface area (Å²) in [6, 6.07) is 10.7. The molecule has 19 heavy (non-hydrogen) atoms. The Balaban J connectivity index is 2.57. The van der Waals surface area contributed by atoms with Gasteiger partial charge in [-0.2, -0.15) is 0 Å². The molecule has 0 amide bonds. The molecule has 2 aromatic rings. The highest BCUT2D eigenvalue weighted by Crippen LogP contribution is 2.37. The maximum absolute atomic E-state index is 6.29. The minimum Gasteiger partial charge on any atom is -0.271 e. The number of nitrogens with two attached hydrogens (primary N) is 1. The maximum Gasteiger partial charge on any atom is 0.0739 e. The zero-order valence-corrected chi connectivity index (χ0v) is 13.5. The lowest BCUT2D eigenvalue weighted by Gasteiger charge is -2.20. The number of rotatable bonds is 3. The van der Waals surface area contributed by atoms with Crippen LogP contribution in [-0.4, -0.2) is 0 Å². The molecule has 0 heterocycles. The first-order valence-electron chi connectivity index (χ1n) is 5.40. The van der Waals surface area contributed by atoms with Gasteiger partial charge < -0.3 is 0 Å². The van der Waals surface area contributed by atoms with Gasteiger partial charge in [-0.15, -0.1) is 0 Å². The van der Waals surface area contributed by atoms with Gasteiger partial charge in [0.05, 0.1) is 21.1 Å². The highest BCUT2D eigenvalue weighted by molar-refractivity contribution is 9.10. The summed E-state index contributed by atoms with van der Waals surface area (Å²) in [6.07, 6.45) is 0. The lowest BCUT2D eigenvalue weighted by atomic mass is 9.99. The van der Waals surface area contributed by atoms with E-state index >= 15 is 0 Å². The monoisotopic (exact) mass is 378 g/mol. The van der Waals surface area contributed by atoms with E-state index in [4.69, 9.17) is 40.6 Å². The van der Waals surface area contributed by atoms with Gasteiger partial charge in [0.1, 0.15) is 0 Å². The number of benzene rings is 2. The summed E-state index contributed by atoms with van der Waals surface area (Å²) in [6.45, 7) is 0. The Hall–Kier alpha value is -0.290. The second-order valence-corrected chi connectivity index (χ2v) is 5.90. The molecule has 1 atom stereocenters. The van der Waals surface area contributed by atoms with Crippen LogP contribution in [0.5, 0.6) is 0 Å². The Bertz CT molecular complexity index is 553.